The predicted octanol–water partition coefficient (Wildman–Crippen LogP) is 1.60. The van der Waals surface area contributed by atoms with Crippen LogP contribution in [-0.4, -0.2) is 46.3 Å². The second-order valence-electron chi connectivity index (χ2n) is 6.97. The van der Waals surface area contributed by atoms with E-state index in [9.17, 15) is 0 Å². The first-order chi connectivity index (χ1) is 12.1. The number of nitrogens with two attached hydrogens (primary N) is 1. The molecule has 7 nitrogen and oxygen atoms in total. The molecule has 2 aliphatic rings. The van der Waals surface area contributed by atoms with Gasteiger partial charge in [-0.3, -0.25) is 0 Å². The lowest BCUT2D eigenvalue weighted by Crippen LogP contribution is -2.30. The third-order valence-electron chi connectivity index (χ3n) is 5.04. The van der Waals surface area contributed by atoms with Gasteiger partial charge in [-0.05, 0) is 37.5 Å². The van der Waals surface area contributed by atoms with Gasteiger partial charge in [-0.15, -0.1) is 0 Å². The molecule has 25 heavy (non-hydrogen) atoms. The number of rotatable bonds is 3. The summed E-state index contributed by atoms with van der Waals surface area (Å²) in [5.74, 6) is 0.984. The van der Waals surface area contributed by atoms with Gasteiger partial charge in [0.05, 0.1) is 11.9 Å². The summed E-state index contributed by atoms with van der Waals surface area (Å²) in [6.45, 7) is 8.89. The van der Waals surface area contributed by atoms with E-state index in [2.05, 4.69) is 28.6 Å². The first kappa shape index (κ1) is 16.1. The van der Waals surface area contributed by atoms with Crippen LogP contribution in [0.3, 0.4) is 0 Å². The van der Waals surface area contributed by atoms with Crippen molar-refractivity contribution in [3.63, 3.8) is 0 Å². The number of piperidine rings is 1. The Hall–Kier alpha value is -2.38. The van der Waals surface area contributed by atoms with Crippen LogP contribution in [0.4, 0.5) is 5.82 Å². The van der Waals surface area contributed by atoms with E-state index in [0.29, 0.717) is 11.7 Å². The van der Waals surface area contributed by atoms with E-state index in [1.807, 2.05) is 25.2 Å². The van der Waals surface area contributed by atoms with Gasteiger partial charge >= 0.3 is 0 Å². The highest BCUT2D eigenvalue weighted by Gasteiger charge is 2.26. The van der Waals surface area contributed by atoms with Crippen LogP contribution in [0.2, 0.25) is 0 Å². The average molecular weight is 339 g/mol. The fraction of sp³-hybridized carbons (Fsp3) is 0.444. The molecule has 7 heteroatoms. The monoisotopic (exact) mass is 339 g/mol. The van der Waals surface area contributed by atoms with Crippen molar-refractivity contribution in [2.24, 2.45) is 0 Å². The maximum absolute atomic E-state index is 6.50. The minimum absolute atomic E-state index is 0.355. The Bertz CT molecular complexity index is 858. The lowest BCUT2D eigenvalue weighted by Gasteiger charge is -2.25. The van der Waals surface area contributed by atoms with Gasteiger partial charge in [0.15, 0.2) is 5.65 Å². The van der Waals surface area contributed by atoms with Crippen molar-refractivity contribution in [1.29, 1.82) is 0 Å². The van der Waals surface area contributed by atoms with E-state index in [1.165, 1.54) is 5.57 Å². The Labute approximate surface area is 147 Å². The Balaban J connectivity index is 1.91. The van der Waals surface area contributed by atoms with Crippen LogP contribution in [-0.2, 0) is 0 Å². The van der Waals surface area contributed by atoms with Crippen LogP contribution < -0.4 is 16.5 Å². The van der Waals surface area contributed by atoms with Crippen molar-refractivity contribution >= 4 is 22.6 Å². The lowest BCUT2D eigenvalue weighted by molar-refractivity contribution is 0.374. The molecule has 2 aliphatic heterocycles. The Kier molecular flexibility index (Phi) is 3.97. The van der Waals surface area contributed by atoms with Crippen molar-refractivity contribution in [2.75, 3.05) is 32.4 Å². The summed E-state index contributed by atoms with van der Waals surface area (Å²) in [7, 11) is 1.98. The molecule has 4 rings (SSSR count). The topological polar surface area (TPSA) is 83.5 Å². The van der Waals surface area contributed by atoms with Gasteiger partial charge in [-0.25, -0.2) is 10.4 Å². The van der Waals surface area contributed by atoms with E-state index < -0.39 is 0 Å². The number of nitrogen functional groups attached to an aromatic ring is 1. The highest BCUT2D eigenvalue weighted by molar-refractivity contribution is 5.81. The van der Waals surface area contributed by atoms with Crippen LogP contribution >= 0.6 is 0 Å². The summed E-state index contributed by atoms with van der Waals surface area (Å²) in [6, 6.07) is 0. The molecular formula is C18H25N7. The number of nitrogens with one attached hydrogen (secondary N) is 2. The molecule has 0 spiro atoms. The number of nitrogens with zero attached hydrogens (tertiary/aromatic N) is 4. The molecule has 0 saturated carbocycles. The smallest absolute Gasteiger partial charge is 0.165 e. The zero-order chi connectivity index (χ0) is 17.6. The SMILES string of the molecule is C=C(C)c1c(C2CCCNC2)nc2c(C3=CN(C)NC3)cnn2c1N. The van der Waals surface area contributed by atoms with Crippen LogP contribution in [0.25, 0.3) is 16.8 Å². The van der Waals surface area contributed by atoms with Crippen LogP contribution in [0.5, 0.6) is 0 Å². The zero-order valence-electron chi connectivity index (χ0n) is 14.8. The summed E-state index contributed by atoms with van der Waals surface area (Å²) in [5, 5.41) is 9.93. The Morgan fingerprint density at radius 3 is 2.92 bits per heavy atom. The molecule has 132 valence electrons. The summed E-state index contributed by atoms with van der Waals surface area (Å²) >= 11 is 0. The van der Waals surface area contributed by atoms with Gasteiger partial charge in [0.1, 0.15) is 5.82 Å². The summed E-state index contributed by atoms with van der Waals surface area (Å²) in [6.07, 6.45) is 6.20. The standard InChI is InChI=1S/C18H25N7/c1-11(2)15-16(12-5-4-6-20-7-12)23-18-14(9-22-25(18)17(15)19)13-8-21-24(3)10-13/h9-10,12,20-21H,1,4-8,19H2,2-3H3. The first-order valence-electron chi connectivity index (χ1n) is 8.77. The van der Waals surface area contributed by atoms with Crippen molar-refractivity contribution in [3.05, 3.63) is 35.8 Å². The molecular weight excluding hydrogens is 314 g/mol. The number of hydrogen-bond acceptors (Lipinski definition) is 6. The van der Waals surface area contributed by atoms with Crippen molar-refractivity contribution in [1.82, 2.24) is 30.3 Å². The van der Waals surface area contributed by atoms with Gasteiger partial charge in [0.2, 0.25) is 0 Å². The maximum atomic E-state index is 6.50. The molecule has 4 heterocycles. The molecule has 0 radical (unpaired) electrons. The minimum Gasteiger partial charge on any atom is -0.383 e. The van der Waals surface area contributed by atoms with Gasteiger partial charge in [-0.1, -0.05) is 6.58 Å². The molecule has 1 fully saturated rings. The molecule has 4 N–H and O–H groups in total. The Morgan fingerprint density at radius 1 is 1.44 bits per heavy atom. The Morgan fingerprint density at radius 2 is 2.28 bits per heavy atom. The molecule has 0 aliphatic carbocycles. The molecule has 2 aromatic rings. The molecule has 1 saturated heterocycles. The van der Waals surface area contributed by atoms with E-state index in [-0.39, 0.29) is 0 Å². The van der Waals surface area contributed by atoms with Gasteiger partial charge in [0, 0.05) is 43.4 Å². The van der Waals surface area contributed by atoms with E-state index in [4.69, 9.17) is 10.7 Å². The number of fused-ring (bicyclic) bond motifs is 1. The highest BCUT2D eigenvalue weighted by Crippen LogP contribution is 2.34. The number of hydrazine groups is 1. The van der Waals surface area contributed by atoms with Crippen molar-refractivity contribution in [2.45, 2.75) is 25.7 Å². The highest BCUT2D eigenvalue weighted by atomic mass is 15.5. The molecule has 2 aromatic heterocycles. The van der Waals surface area contributed by atoms with Crippen LogP contribution in [0.15, 0.2) is 19.0 Å². The van der Waals surface area contributed by atoms with Gasteiger partial charge in [0.25, 0.3) is 0 Å². The normalized spacial score (nSPS) is 21.0. The number of hydrogen-bond donors (Lipinski definition) is 3. The van der Waals surface area contributed by atoms with Gasteiger partial charge in [-0.2, -0.15) is 9.61 Å². The summed E-state index contributed by atoms with van der Waals surface area (Å²) in [4.78, 5) is 5.04. The fourth-order valence-corrected chi connectivity index (χ4v) is 3.78. The molecule has 0 bridgehead atoms. The zero-order valence-corrected chi connectivity index (χ0v) is 14.8. The molecule has 1 unspecified atom stereocenters. The predicted molar refractivity (Wildman–Crippen MR) is 101 cm³/mol. The quantitative estimate of drug-likeness (QED) is 0.788. The summed E-state index contributed by atoms with van der Waals surface area (Å²) in [5.41, 5.74) is 15.7. The number of anilines is 1. The fourth-order valence-electron chi connectivity index (χ4n) is 3.78. The maximum Gasteiger partial charge on any atom is 0.165 e. The second kappa shape index (κ2) is 6.16. The van der Waals surface area contributed by atoms with Crippen molar-refractivity contribution in [3.8, 4) is 0 Å². The molecule has 0 amide bonds. The minimum atomic E-state index is 0.355. The van der Waals surface area contributed by atoms with E-state index in [1.54, 1.807) is 4.52 Å². The molecule has 0 aromatic carbocycles. The van der Waals surface area contributed by atoms with Crippen molar-refractivity contribution < 1.29 is 0 Å². The van der Waals surface area contributed by atoms with Crippen LogP contribution in [0.1, 0.15) is 42.5 Å². The third-order valence-corrected chi connectivity index (χ3v) is 5.04. The number of allylic oxidation sites excluding steroid dienone is 1. The summed E-state index contributed by atoms with van der Waals surface area (Å²) < 4.78 is 1.75. The first-order valence-corrected chi connectivity index (χ1v) is 8.77. The average Bonchev–Trinajstić information content (AvgIpc) is 3.21. The largest absolute Gasteiger partial charge is 0.383 e. The van der Waals surface area contributed by atoms with Gasteiger partial charge < -0.3 is 16.1 Å². The third kappa shape index (κ3) is 2.69. The molecule has 1 atom stereocenters. The lowest BCUT2D eigenvalue weighted by atomic mass is 9.91. The van der Waals surface area contributed by atoms with E-state index >= 15 is 0 Å². The van der Waals surface area contributed by atoms with E-state index in [0.717, 1.165) is 60.5 Å². The van der Waals surface area contributed by atoms with Crippen LogP contribution in [0, 0.1) is 0 Å². The second-order valence-corrected chi connectivity index (χ2v) is 6.97. The number of aromatic nitrogens is 3.